The molecule has 0 aromatic heterocycles. The summed E-state index contributed by atoms with van der Waals surface area (Å²) in [5, 5.41) is 0. The highest BCUT2D eigenvalue weighted by Crippen LogP contribution is 2.28. The van der Waals surface area contributed by atoms with E-state index >= 15 is 0 Å². The van der Waals surface area contributed by atoms with E-state index < -0.39 is 0 Å². The molecule has 0 heterocycles. The van der Waals surface area contributed by atoms with Gasteiger partial charge in [0.1, 0.15) is 12.4 Å². The summed E-state index contributed by atoms with van der Waals surface area (Å²) in [6, 6.07) is 14.5. The Morgan fingerprint density at radius 3 is 2.22 bits per heavy atom. The number of hydrogen-bond acceptors (Lipinski definition) is 3. The molecule has 0 amide bonds. The van der Waals surface area contributed by atoms with Crippen molar-refractivity contribution in [3.8, 4) is 5.75 Å². The first-order chi connectivity index (χ1) is 10.6. The number of hydrogen-bond donors (Lipinski definition) is 2. The summed E-state index contributed by atoms with van der Waals surface area (Å²) in [6.07, 6.45) is 1.87. The van der Waals surface area contributed by atoms with Gasteiger partial charge < -0.3 is 16.2 Å². The fourth-order valence-corrected chi connectivity index (χ4v) is 2.66. The van der Waals surface area contributed by atoms with Crippen molar-refractivity contribution in [2.24, 2.45) is 11.5 Å². The predicted octanol–water partition coefficient (Wildman–Crippen LogP) is 4.04. The number of benzene rings is 2. The van der Waals surface area contributed by atoms with Gasteiger partial charge >= 0.3 is 0 Å². The van der Waals surface area contributed by atoms with E-state index in [-0.39, 0.29) is 18.4 Å². The van der Waals surface area contributed by atoms with Gasteiger partial charge in [-0.2, -0.15) is 0 Å². The maximum Gasteiger partial charge on any atom is 0.125 e. The second kappa shape index (κ2) is 9.56. The summed E-state index contributed by atoms with van der Waals surface area (Å²) >= 11 is 0. The van der Waals surface area contributed by atoms with Crippen LogP contribution in [0.2, 0.25) is 0 Å². The van der Waals surface area contributed by atoms with Crippen LogP contribution in [0.3, 0.4) is 0 Å². The largest absolute Gasteiger partial charge is 0.488 e. The lowest BCUT2D eigenvalue weighted by Crippen LogP contribution is -2.13. The molecule has 4 N–H and O–H groups in total. The molecule has 0 spiro atoms. The van der Waals surface area contributed by atoms with Crippen molar-refractivity contribution in [1.29, 1.82) is 0 Å². The molecule has 0 aliphatic carbocycles. The molecule has 3 nitrogen and oxygen atoms in total. The normalized spacial score (nSPS) is 11.7. The summed E-state index contributed by atoms with van der Waals surface area (Å²) in [4.78, 5) is 0. The fourth-order valence-electron chi connectivity index (χ4n) is 2.66. The van der Waals surface area contributed by atoms with Gasteiger partial charge in [0.25, 0.3) is 0 Å². The third-order valence-electron chi connectivity index (χ3n) is 3.86. The summed E-state index contributed by atoms with van der Waals surface area (Å²) in [6.45, 7) is 5.42. The van der Waals surface area contributed by atoms with Gasteiger partial charge in [0, 0.05) is 6.04 Å². The standard InChI is InChI=1S/C19H26N2O.ClH/c1-14-11-17(18(21)9-6-10-20)12-15(2)19(14)22-13-16-7-4-3-5-8-16;/h3-5,7-8,11-12,18H,6,9-10,13,20-21H2,1-2H3;1H/t18-;/m0./s1. The molecule has 4 heteroatoms. The van der Waals surface area contributed by atoms with Gasteiger partial charge in [-0.15, -0.1) is 12.4 Å². The second-order valence-corrected chi connectivity index (χ2v) is 5.80. The third-order valence-corrected chi connectivity index (χ3v) is 3.86. The van der Waals surface area contributed by atoms with Crippen molar-refractivity contribution < 1.29 is 4.74 Å². The molecule has 0 aliphatic rings. The molecule has 0 unspecified atom stereocenters. The Labute approximate surface area is 145 Å². The van der Waals surface area contributed by atoms with Gasteiger partial charge in [0.05, 0.1) is 0 Å². The molecular formula is C19H27ClN2O. The van der Waals surface area contributed by atoms with Gasteiger partial charge in [0.2, 0.25) is 0 Å². The highest BCUT2D eigenvalue weighted by Gasteiger charge is 2.11. The van der Waals surface area contributed by atoms with E-state index in [1.165, 1.54) is 5.56 Å². The molecule has 2 rings (SSSR count). The number of aryl methyl sites for hydroxylation is 2. The van der Waals surface area contributed by atoms with Crippen LogP contribution in [0.4, 0.5) is 0 Å². The molecule has 0 aliphatic heterocycles. The average molecular weight is 335 g/mol. The molecule has 0 saturated heterocycles. The SMILES string of the molecule is Cc1cc([C@@H](N)CCCN)cc(C)c1OCc1ccccc1.Cl. The van der Waals surface area contributed by atoms with Crippen LogP contribution < -0.4 is 16.2 Å². The lowest BCUT2D eigenvalue weighted by atomic mass is 9.98. The number of rotatable bonds is 7. The quantitative estimate of drug-likeness (QED) is 0.803. The fraction of sp³-hybridized carbons (Fsp3) is 0.368. The Morgan fingerprint density at radius 1 is 1.04 bits per heavy atom. The van der Waals surface area contributed by atoms with Gasteiger partial charge in [-0.3, -0.25) is 0 Å². The predicted molar refractivity (Wildman–Crippen MR) is 99.2 cm³/mol. The van der Waals surface area contributed by atoms with Crippen LogP contribution in [0.5, 0.6) is 5.75 Å². The van der Waals surface area contributed by atoms with Crippen molar-refractivity contribution in [3.63, 3.8) is 0 Å². The molecule has 23 heavy (non-hydrogen) atoms. The van der Waals surface area contributed by atoms with Crippen LogP contribution in [-0.4, -0.2) is 6.54 Å². The smallest absolute Gasteiger partial charge is 0.125 e. The van der Waals surface area contributed by atoms with Gasteiger partial charge in [-0.25, -0.2) is 0 Å². The third kappa shape index (κ3) is 5.54. The minimum atomic E-state index is 0. The van der Waals surface area contributed by atoms with Crippen molar-refractivity contribution >= 4 is 12.4 Å². The van der Waals surface area contributed by atoms with Crippen LogP contribution >= 0.6 is 12.4 Å². The van der Waals surface area contributed by atoms with E-state index in [1.54, 1.807) is 0 Å². The molecule has 0 saturated carbocycles. The number of nitrogens with two attached hydrogens (primary N) is 2. The summed E-state index contributed by atoms with van der Waals surface area (Å²) in [5.41, 5.74) is 16.4. The van der Waals surface area contributed by atoms with Gasteiger partial charge in [-0.05, 0) is 55.5 Å². The zero-order valence-corrected chi connectivity index (χ0v) is 14.7. The first-order valence-electron chi connectivity index (χ1n) is 7.85. The molecule has 126 valence electrons. The van der Waals surface area contributed by atoms with Crippen molar-refractivity contribution in [2.45, 2.75) is 39.3 Å². The monoisotopic (exact) mass is 334 g/mol. The van der Waals surface area contributed by atoms with Crippen LogP contribution in [0.15, 0.2) is 42.5 Å². The molecule has 1 atom stereocenters. The van der Waals surface area contributed by atoms with Crippen LogP contribution in [-0.2, 0) is 6.61 Å². The van der Waals surface area contributed by atoms with Gasteiger partial charge in [-0.1, -0.05) is 42.5 Å². The second-order valence-electron chi connectivity index (χ2n) is 5.80. The minimum absolute atomic E-state index is 0. The maximum atomic E-state index is 6.24. The lowest BCUT2D eigenvalue weighted by molar-refractivity contribution is 0.302. The van der Waals surface area contributed by atoms with E-state index in [9.17, 15) is 0 Å². The van der Waals surface area contributed by atoms with Gasteiger partial charge in [0.15, 0.2) is 0 Å². The number of halogens is 1. The first-order valence-corrected chi connectivity index (χ1v) is 7.85. The van der Waals surface area contributed by atoms with Crippen LogP contribution in [0.25, 0.3) is 0 Å². The Balaban J connectivity index is 0.00000264. The van der Waals surface area contributed by atoms with E-state index in [4.69, 9.17) is 16.2 Å². The number of ether oxygens (including phenoxy) is 1. The zero-order valence-electron chi connectivity index (χ0n) is 13.9. The Morgan fingerprint density at radius 2 is 1.65 bits per heavy atom. The maximum absolute atomic E-state index is 6.24. The highest BCUT2D eigenvalue weighted by atomic mass is 35.5. The molecule has 0 bridgehead atoms. The molecule has 0 radical (unpaired) electrons. The van der Waals surface area contributed by atoms with E-state index in [0.29, 0.717) is 13.2 Å². The topological polar surface area (TPSA) is 61.3 Å². The van der Waals surface area contributed by atoms with Crippen molar-refractivity contribution in [3.05, 3.63) is 64.7 Å². The highest BCUT2D eigenvalue weighted by molar-refractivity contribution is 5.85. The van der Waals surface area contributed by atoms with Crippen LogP contribution in [0.1, 0.15) is 41.1 Å². The minimum Gasteiger partial charge on any atom is -0.488 e. The molecule has 0 fully saturated rings. The van der Waals surface area contributed by atoms with E-state index in [2.05, 4.69) is 38.1 Å². The van der Waals surface area contributed by atoms with E-state index in [0.717, 1.165) is 35.3 Å². The average Bonchev–Trinajstić information content (AvgIpc) is 2.52. The zero-order chi connectivity index (χ0) is 15.9. The van der Waals surface area contributed by atoms with Crippen molar-refractivity contribution in [1.82, 2.24) is 0 Å². The molecule has 2 aromatic rings. The summed E-state index contributed by atoms with van der Waals surface area (Å²) < 4.78 is 6.01. The lowest BCUT2D eigenvalue weighted by Gasteiger charge is -2.17. The molecule has 2 aromatic carbocycles. The summed E-state index contributed by atoms with van der Waals surface area (Å²) in [5.74, 6) is 0.957. The Kier molecular flexibility index (Phi) is 8.10. The Bertz CT molecular complexity index is 579. The molecular weight excluding hydrogens is 308 g/mol. The summed E-state index contributed by atoms with van der Waals surface area (Å²) in [7, 11) is 0. The van der Waals surface area contributed by atoms with Crippen molar-refractivity contribution in [2.75, 3.05) is 6.54 Å². The van der Waals surface area contributed by atoms with E-state index in [1.807, 2.05) is 18.2 Å². The first kappa shape index (κ1) is 19.5. The Hall–Kier alpha value is -1.55. The van der Waals surface area contributed by atoms with Crippen LogP contribution in [0, 0.1) is 13.8 Å².